The van der Waals surface area contributed by atoms with Crippen LogP contribution in [0.25, 0.3) is 6.08 Å². The van der Waals surface area contributed by atoms with Crippen LogP contribution in [0.5, 0.6) is 0 Å². The molecule has 1 aromatic heterocycles. The highest BCUT2D eigenvalue weighted by atomic mass is 32.2. The molecule has 0 aliphatic carbocycles. The van der Waals surface area contributed by atoms with Gasteiger partial charge in [-0.1, -0.05) is 24.1 Å². The lowest BCUT2D eigenvalue weighted by Gasteiger charge is -2.34. The van der Waals surface area contributed by atoms with Crippen LogP contribution in [0.2, 0.25) is 0 Å². The minimum Gasteiger partial charge on any atom is -0.465 e. The number of hydrogen-bond acceptors (Lipinski definition) is 4. The van der Waals surface area contributed by atoms with E-state index in [0.29, 0.717) is 30.2 Å². The maximum atomic E-state index is 13.1. The highest BCUT2D eigenvalue weighted by Crippen LogP contribution is 2.27. The number of rotatable bonds is 7. The Morgan fingerprint density at radius 1 is 1.25 bits per heavy atom. The smallest absolute Gasteiger partial charge is 0.244 e. The van der Waals surface area contributed by atoms with E-state index in [-0.39, 0.29) is 11.9 Å². The van der Waals surface area contributed by atoms with Crippen LogP contribution in [0.15, 0.2) is 58.1 Å². The first-order valence-corrected chi connectivity index (χ1v) is 11.0. The largest absolute Gasteiger partial charge is 0.465 e. The van der Waals surface area contributed by atoms with E-state index in [1.54, 1.807) is 40.9 Å². The maximum Gasteiger partial charge on any atom is 0.244 e. The Morgan fingerprint density at radius 3 is 2.75 bits per heavy atom. The molecule has 3 rings (SSSR count). The summed E-state index contributed by atoms with van der Waals surface area (Å²) >= 11 is 0. The van der Waals surface area contributed by atoms with Crippen molar-refractivity contribution in [3.63, 3.8) is 0 Å². The molecule has 150 valence electrons. The van der Waals surface area contributed by atoms with Gasteiger partial charge in [0.1, 0.15) is 5.76 Å². The van der Waals surface area contributed by atoms with Gasteiger partial charge in [0.15, 0.2) is 0 Å². The molecule has 1 aliphatic rings. The molecule has 1 N–H and O–H groups in total. The SMILES string of the molecule is Cc1ccc(S(=O)(=O)N2CCCC[C@H]2CCNC(=O)/C=C/c2ccco2)cc1. The number of nitrogens with one attached hydrogen (secondary N) is 1. The number of nitrogens with zero attached hydrogens (tertiary/aromatic N) is 1. The van der Waals surface area contributed by atoms with E-state index < -0.39 is 10.0 Å². The van der Waals surface area contributed by atoms with Crippen LogP contribution in [-0.2, 0) is 14.8 Å². The fraction of sp³-hybridized carbons (Fsp3) is 0.381. The van der Waals surface area contributed by atoms with Crippen LogP contribution in [0.1, 0.15) is 37.0 Å². The van der Waals surface area contributed by atoms with Gasteiger partial charge in [0.25, 0.3) is 0 Å². The monoisotopic (exact) mass is 402 g/mol. The van der Waals surface area contributed by atoms with Gasteiger partial charge in [-0.3, -0.25) is 4.79 Å². The molecule has 0 bridgehead atoms. The molecule has 0 unspecified atom stereocenters. The Bertz CT molecular complexity index is 902. The van der Waals surface area contributed by atoms with Gasteiger partial charge in [-0.15, -0.1) is 0 Å². The summed E-state index contributed by atoms with van der Waals surface area (Å²) in [5, 5.41) is 2.82. The van der Waals surface area contributed by atoms with Crippen LogP contribution >= 0.6 is 0 Å². The van der Waals surface area contributed by atoms with Crippen LogP contribution in [0, 0.1) is 6.92 Å². The van der Waals surface area contributed by atoms with Gasteiger partial charge in [-0.05, 0) is 56.5 Å². The summed E-state index contributed by atoms with van der Waals surface area (Å²) in [5.41, 5.74) is 1.03. The van der Waals surface area contributed by atoms with E-state index in [2.05, 4.69) is 5.32 Å². The second-order valence-electron chi connectivity index (χ2n) is 7.01. The Balaban J connectivity index is 1.58. The molecule has 0 spiro atoms. The van der Waals surface area contributed by atoms with Gasteiger partial charge in [0, 0.05) is 25.2 Å². The Hall–Kier alpha value is -2.38. The maximum absolute atomic E-state index is 13.1. The number of benzene rings is 1. The summed E-state index contributed by atoms with van der Waals surface area (Å²) in [6.45, 7) is 2.88. The van der Waals surface area contributed by atoms with Crippen molar-refractivity contribution in [2.24, 2.45) is 0 Å². The zero-order valence-electron chi connectivity index (χ0n) is 16.0. The predicted molar refractivity (Wildman–Crippen MR) is 108 cm³/mol. The van der Waals surface area contributed by atoms with Gasteiger partial charge >= 0.3 is 0 Å². The van der Waals surface area contributed by atoms with Gasteiger partial charge in [-0.2, -0.15) is 4.31 Å². The first-order chi connectivity index (χ1) is 13.5. The third-order valence-electron chi connectivity index (χ3n) is 4.92. The Morgan fingerprint density at radius 2 is 2.04 bits per heavy atom. The van der Waals surface area contributed by atoms with Crippen LogP contribution < -0.4 is 5.32 Å². The van der Waals surface area contributed by atoms with Gasteiger partial charge < -0.3 is 9.73 Å². The average Bonchev–Trinajstić information content (AvgIpc) is 3.21. The van der Waals surface area contributed by atoms with E-state index >= 15 is 0 Å². The second-order valence-corrected chi connectivity index (χ2v) is 8.90. The number of aryl methyl sites for hydroxylation is 1. The quantitative estimate of drug-likeness (QED) is 0.721. The zero-order valence-corrected chi connectivity index (χ0v) is 16.8. The molecule has 1 aliphatic heterocycles. The predicted octanol–water partition coefficient (Wildman–Crippen LogP) is 3.35. The molecule has 6 nitrogen and oxygen atoms in total. The molecule has 2 heterocycles. The molecule has 7 heteroatoms. The third-order valence-corrected chi connectivity index (χ3v) is 6.89. The van der Waals surface area contributed by atoms with Crippen molar-refractivity contribution in [1.82, 2.24) is 9.62 Å². The lowest BCUT2D eigenvalue weighted by Crippen LogP contribution is -2.45. The number of carbonyl (C=O) groups excluding carboxylic acids is 1. The summed E-state index contributed by atoms with van der Waals surface area (Å²) in [4.78, 5) is 12.3. The summed E-state index contributed by atoms with van der Waals surface area (Å²) < 4.78 is 32.9. The van der Waals surface area contributed by atoms with Gasteiger partial charge in [0.2, 0.25) is 15.9 Å². The average molecular weight is 403 g/mol. The molecule has 1 amide bonds. The van der Waals surface area contributed by atoms with E-state index in [0.717, 1.165) is 24.8 Å². The molecule has 1 atom stereocenters. The standard InChI is InChI=1S/C21H26N2O4S/c1-17-7-10-20(11-8-17)28(25,26)23-15-3-2-5-18(23)13-14-22-21(24)12-9-19-6-4-16-27-19/h4,6-12,16,18H,2-3,5,13-15H2,1H3,(H,22,24)/b12-9+/t18-/m0/s1. The van der Waals surface area contributed by atoms with Crippen LogP contribution in [0.3, 0.4) is 0 Å². The second kappa shape index (κ2) is 9.21. The van der Waals surface area contributed by atoms with Crippen molar-refractivity contribution < 1.29 is 17.6 Å². The van der Waals surface area contributed by atoms with Gasteiger partial charge in [-0.25, -0.2) is 8.42 Å². The topological polar surface area (TPSA) is 79.6 Å². The van der Waals surface area contributed by atoms with Crippen molar-refractivity contribution in [2.75, 3.05) is 13.1 Å². The molecular weight excluding hydrogens is 376 g/mol. The van der Waals surface area contributed by atoms with E-state index in [1.165, 1.54) is 6.08 Å². The van der Waals surface area contributed by atoms with E-state index in [1.807, 2.05) is 19.1 Å². The lowest BCUT2D eigenvalue weighted by atomic mass is 10.0. The normalized spacial score (nSPS) is 18.4. The fourth-order valence-electron chi connectivity index (χ4n) is 3.39. The Labute approximate surface area is 166 Å². The summed E-state index contributed by atoms with van der Waals surface area (Å²) in [7, 11) is -3.52. The van der Waals surface area contributed by atoms with Crippen LogP contribution in [0.4, 0.5) is 0 Å². The van der Waals surface area contributed by atoms with Crippen molar-refractivity contribution in [1.29, 1.82) is 0 Å². The van der Waals surface area contributed by atoms with Crippen molar-refractivity contribution >= 4 is 22.0 Å². The summed E-state index contributed by atoms with van der Waals surface area (Å²) in [6.07, 6.45) is 7.82. The van der Waals surface area contributed by atoms with E-state index in [9.17, 15) is 13.2 Å². The number of piperidine rings is 1. The molecular formula is C21H26N2O4S. The first kappa shape index (κ1) is 20.4. The fourth-order valence-corrected chi connectivity index (χ4v) is 5.11. The zero-order chi connectivity index (χ0) is 20.0. The number of amides is 1. The summed E-state index contributed by atoms with van der Waals surface area (Å²) in [6, 6.07) is 10.4. The van der Waals surface area contributed by atoms with E-state index in [4.69, 9.17) is 4.42 Å². The van der Waals surface area contributed by atoms with Gasteiger partial charge in [0.05, 0.1) is 11.2 Å². The molecule has 28 heavy (non-hydrogen) atoms. The van der Waals surface area contributed by atoms with Crippen molar-refractivity contribution in [2.45, 2.75) is 43.5 Å². The Kier molecular flexibility index (Phi) is 6.70. The minimum atomic E-state index is -3.52. The number of sulfonamides is 1. The number of furan rings is 1. The number of carbonyl (C=O) groups is 1. The molecule has 1 saturated heterocycles. The number of hydrogen-bond donors (Lipinski definition) is 1. The third kappa shape index (κ3) is 5.11. The molecule has 0 radical (unpaired) electrons. The first-order valence-electron chi connectivity index (χ1n) is 9.55. The molecule has 2 aromatic rings. The molecule has 1 aromatic carbocycles. The highest BCUT2D eigenvalue weighted by molar-refractivity contribution is 7.89. The van der Waals surface area contributed by atoms with Crippen molar-refractivity contribution in [3.05, 3.63) is 60.1 Å². The minimum absolute atomic E-state index is 0.102. The van der Waals surface area contributed by atoms with Crippen molar-refractivity contribution in [3.8, 4) is 0 Å². The highest BCUT2D eigenvalue weighted by Gasteiger charge is 2.33. The molecule has 0 saturated carbocycles. The van der Waals surface area contributed by atoms with Crippen LogP contribution in [-0.4, -0.2) is 37.8 Å². The lowest BCUT2D eigenvalue weighted by molar-refractivity contribution is -0.116. The molecule has 1 fully saturated rings. The summed E-state index contributed by atoms with van der Waals surface area (Å²) in [5.74, 6) is 0.387.